The van der Waals surface area contributed by atoms with Gasteiger partial charge in [0.1, 0.15) is 0 Å². The molecule has 0 saturated heterocycles. The van der Waals surface area contributed by atoms with Gasteiger partial charge in [0.25, 0.3) is 5.91 Å². The van der Waals surface area contributed by atoms with Gasteiger partial charge in [0, 0.05) is 26.2 Å². The summed E-state index contributed by atoms with van der Waals surface area (Å²) in [5.41, 5.74) is 1.19. The molecule has 1 aromatic heterocycles. The highest BCUT2D eigenvalue weighted by Gasteiger charge is 2.17. The van der Waals surface area contributed by atoms with E-state index in [0.29, 0.717) is 21.9 Å². The number of aryl methyl sites for hydroxylation is 1. The normalized spacial score (nSPS) is 12.8. The number of thiazole rings is 1. The molecule has 3 rings (SSSR count). The minimum absolute atomic E-state index is 0.128. The molecule has 0 saturated carbocycles. The fraction of sp³-hybridized carbons (Fsp3) is 0.263. The van der Waals surface area contributed by atoms with E-state index in [-0.39, 0.29) is 4.90 Å². The molecule has 2 aromatic carbocycles. The summed E-state index contributed by atoms with van der Waals surface area (Å²) in [5, 5.41) is 0.620. The van der Waals surface area contributed by atoms with Crippen molar-refractivity contribution in [1.29, 1.82) is 0 Å². The number of hydrogen-bond acceptors (Lipinski definition) is 4. The monoisotopic (exact) mass is 437 g/mol. The van der Waals surface area contributed by atoms with Crippen molar-refractivity contribution in [1.82, 2.24) is 8.87 Å². The Morgan fingerprint density at radius 1 is 1.18 bits per heavy atom. The van der Waals surface area contributed by atoms with E-state index in [2.05, 4.69) is 4.99 Å². The van der Waals surface area contributed by atoms with Gasteiger partial charge in [0.05, 0.1) is 20.1 Å². The molecule has 0 aliphatic carbocycles. The van der Waals surface area contributed by atoms with Crippen LogP contribution >= 0.6 is 22.9 Å². The largest absolute Gasteiger partial charge is 0.315 e. The molecule has 1 amide bonds. The SMILES string of the molecule is CCCn1c(=NC(=O)c2ccc(S(=O)(=O)N(C)C)cc2)sc2cccc(Cl)c21. The zero-order valence-electron chi connectivity index (χ0n) is 15.7. The highest BCUT2D eigenvalue weighted by Crippen LogP contribution is 2.25. The van der Waals surface area contributed by atoms with Gasteiger partial charge in [-0.2, -0.15) is 4.99 Å². The van der Waals surface area contributed by atoms with E-state index in [1.165, 1.54) is 49.7 Å². The molecule has 0 atom stereocenters. The number of benzene rings is 2. The van der Waals surface area contributed by atoms with Gasteiger partial charge in [0.2, 0.25) is 10.0 Å². The van der Waals surface area contributed by atoms with E-state index in [9.17, 15) is 13.2 Å². The van der Waals surface area contributed by atoms with Gasteiger partial charge in [-0.3, -0.25) is 4.79 Å². The Bertz CT molecular complexity index is 1190. The highest BCUT2D eigenvalue weighted by atomic mass is 35.5. The summed E-state index contributed by atoms with van der Waals surface area (Å²) in [5.74, 6) is -0.429. The number of hydrogen-bond donors (Lipinski definition) is 0. The van der Waals surface area contributed by atoms with Crippen molar-refractivity contribution in [2.75, 3.05) is 14.1 Å². The number of halogens is 1. The number of aromatic nitrogens is 1. The van der Waals surface area contributed by atoms with Crippen LogP contribution in [0.25, 0.3) is 10.2 Å². The molecule has 0 radical (unpaired) electrons. The summed E-state index contributed by atoms with van der Waals surface area (Å²) in [6.07, 6.45) is 0.871. The lowest BCUT2D eigenvalue weighted by Gasteiger charge is -2.11. The third-order valence-corrected chi connectivity index (χ3v) is 7.35. The van der Waals surface area contributed by atoms with Gasteiger partial charge in [-0.25, -0.2) is 12.7 Å². The van der Waals surface area contributed by atoms with Gasteiger partial charge < -0.3 is 4.57 Å². The van der Waals surface area contributed by atoms with E-state index >= 15 is 0 Å². The minimum atomic E-state index is -3.54. The smallest absolute Gasteiger partial charge is 0.279 e. The first-order valence-electron chi connectivity index (χ1n) is 8.65. The zero-order valence-corrected chi connectivity index (χ0v) is 18.1. The van der Waals surface area contributed by atoms with Crippen LogP contribution in [0.4, 0.5) is 0 Å². The van der Waals surface area contributed by atoms with Crippen LogP contribution in [-0.4, -0.2) is 37.3 Å². The van der Waals surface area contributed by atoms with Crippen molar-refractivity contribution in [3.63, 3.8) is 0 Å². The van der Waals surface area contributed by atoms with E-state index in [0.717, 1.165) is 20.9 Å². The first-order valence-corrected chi connectivity index (χ1v) is 11.3. The molecule has 0 aliphatic rings. The van der Waals surface area contributed by atoms with Gasteiger partial charge in [-0.05, 0) is 42.8 Å². The molecular formula is C19H20ClN3O3S2. The van der Waals surface area contributed by atoms with Gasteiger partial charge in [-0.1, -0.05) is 35.9 Å². The summed E-state index contributed by atoms with van der Waals surface area (Å²) >= 11 is 7.75. The molecule has 148 valence electrons. The van der Waals surface area contributed by atoms with E-state index in [1.807, 2.05) is 29.7 Å². The second kappa shape index (κ2) is 8.16. The second-order valence-corrected chi connectivity index (χ2v) is 9.92. The fourth-order valence-electron chi connectivity index (χ4n) is 2.73. The number of carbonyl (C=O) groups excluding carboxylic acids is 1. The zero-order chi connectivity index (χ0) is 20.5. The number of rotatable bonds is 5. The molecule has 3 aromatic rings. The van der Waals surface area contributed by atoms with Gasteiger partial charge in [0.15, 0.2) is 4.80 Å². The Morgan fingerprint density at radius 3 is 2.46 bits per heavy atom. The average molecular weight is 438 g/mol. The van der Waals surface area contributed by atoms with E-state index in [4.69, 9.17) is 11.6 Å². The van der Waals surface area contributed by atoms with Crippen LogP contribution in [0, 0.1) is 0 Å². The molecule has 0 unspecified atom stereocenters. The van der Waals surface area contributed by atoms with Crippen molar-refractivity contribution >= 4 is 49.1 Å². The van der Waals surface area contributed by atoms with Gasteiger partial charge in [-0.15, -0.1) is 0 Å². The first-order chi connectivity index (χ1) is 13.3. The topological polar surface area (TPSA) is 71.7 Å². The number of fused-ring (bicyclic) bond motifs is 1. The van der Waals surface area contributed by atoms with Crippen LogP contribution in [0.2, 0.25) is 5.02 Å². The summed E-state index contributed by atoms with van der Waals surface area (Å²) in [6, 6.07) is 11.4. The Morgan fingerprint density at radius 2 is 1.86 bits per heavy atom. The molecule has 0 fully saturated rings. The predicted octanol–water partition coefficient (Wildman–Crippen LogP) is 3.76. The van der Waals surface area contributed by atoms with E-state index in [1.54, 1.807) is 0 Å². The van der Waals surface area contributed by atoms with Crippen molar-refractivity contribution in [3.05, 3.63) is 57.9 Å². The second-order valence-electron chi connectivity index (χ2n) is 6.35. The molecule has 0 aliphatic heterocycles. The Hall–Kier alpha value is -2.00. The lowest BCUT2D eigenvalue weighted by atomic mass is 10.2. The lowest BCUT2D eigenvalue weighted by molar-refractivity contribution is 0.0997. The average Bonchev–Trinajstić information content (AvgIpc) is 3.00. The van der Waals surface area contributed by atoms with E-state index < -0.39 is 15.9 Å². The van der Waals surface area contributed by atoms with Crippen LogP contribution in [0.15, 0.2) is 52.4 Å². The van der Waals surface area contributed by atoms with Crippen LogP contribution in [0.1, 0.15) is 23.7 Å². The molecule has 0 bridgehead atoms. The number of para-hydroxylation sites is 1. The Kier molecular flexibility index (Phi) is 6.04. The quantitative estimate of drug-likeness (QED) is 0.610. The van der Waals surface area contributed by atoms with Crippen molar-refractivity contribution in [3.8, 4) is 0 Å². The Balaban J connectivity index is 2.04. The van der Waals surface area contributed by atoms with Gasteiger partial charge >= 0.3 is 0 Å². The summed E-state index contributed by atoms with van der Waals surface area (Å²) in [6.45, 7) is 2.73. The van der Waals surface area contributed by atoms with Crippen molar-refractivity contribution in [2.45, 2.75) is 24.8 Å². The number of carbonyl (C=O) groups is 1. The number of amides is 1. The van der Waals surface area contributed by atoms with Crippen LogP contribution in [0.5, 0.6) is 0 Å². The number of sulfonamides is 1. The third kappa shape index (κ3) is 3.91. The molecule has 6 nitrogen and oxygen atoms in total. The fourth-order valence-corrected chi connectivity index (χ4v) is 5.05. The maximum absolute atomic E-state index is 12.7. The van der Waals surface area contributed by atoms with Crippen molar-refractivity contribution < 1.29 is 13.2 Å². The van der Waals surface area contributed by atoms with Crippen molar-refractivity contribution in [2.24, 2.45) is 4.99 Å². The molecule has 28 heavy (non-hydrogen) atoms. The maximum atomic E-state index is 12.7. The molecular weight excluding hydrogens is 418 g/mol. The maximum Gasteiger partial charge on any atom is 0.279 e. The Labute approximate surface area is 172 Å². The molecule has 0 spiro atoms. The van der Waals surface area contributed by atoms with Crippen LogP contribution < -0.4 is 4.80 Å². The number of nitrogens with zero attached hydrogens (tertiary/aromatic N) is 3. The summed E-state index contributed by atoms with van der Waals surface area (Å²) in [4.78, 5) is 17.6. The molecule has 1 heterocycles. The summed E-state index contributed by atoms with van der Waals surface area (Å²) < 4.78 is 28.3. The standard InChI is InChI=1S/C19H20ClN3O3S2/c1-4-12-23-17-15(20)6-5-7-16(17)27-19(23)21-18(24)13-8-10-14(11-9-13)28(25,26)22(2)3/h5-11H,4,12H2,1-3H3. The van der Waals surface area contributed by atoms with Crippen LogP contribution in [0.3, 0.4) is 0 Å². The first kappa shape index (κ1) is 20.7. The lowest BCUT2D eigenvalue weighted by Crippen LogP contribution is -2.22. The third-order valence-electron chi connectivity index (χ3n) is 4.18. The molecule has 9 heteroatoms. The minimum Gasteiger partial charge on any atom is -0.315 e. The predicted molar refractivity (Wildman–Crippen MR) is 112 cm³/mol. The highest BCUT2D eigenvalue weighted by molar-refractivity contribution is 7.89. The van der Waals surface area contributed by atoms with Crippen LogP contribution in [-0.2, 0) is 16.6 Å². The molecule has 0 N–H and O–H groups in total. The summed E-state index contributed by atoms with van der Waals surface area (Å²) in [7, 11) is -0.617.